The Bertz CT molecular complexity index is 1090. The van der Waals surface area contributed by atoms with Gasteiger partial charge in [-0.2, -0.15) is 13.2 Å². The maximum Gasteiger partial charge on any atom is 0.417 e. The minimum absolute atomic E-state index is 0.123. The Hall–Kier alpha value is -2.06. The maximum absolute atomic E-state index is 14.9. The number of amides is 1. The SMILES string of the molecule is O=C1OC[C@@]2(CCC3(OCCO3)c3c2ccnc3CI)N1c1ncc(C(F)(F)F)cc1F. The Morgan fingerprint density at radius 2 is 1.94 bits per heavy atom. The van der Waals surface area contributed by atoms with E-state index < -0.39 is 40.8 Å². The first-order valence-electron chi connectivity index (χ1n) is 9.74. The molecular weight excluding hydrogens is 549 g/mol. The van der Waals surface area contributed by atoms with Gasteiger partial charge in [0.2, 0.25) is 0 Å². The van der Waals surface area contributed by atoms with Crippen LogP contribution in [0.4, 0.5) is 28.2 Å². The number of pyridine rings is 2. The fraction of sp³-hybridized carbons (Fsp3) is 0.450. The molecule has 2 aromatic rings. The van der Waals surface area contributed by atoms with Crippen LogP contribution >= 0.6 is 22.6 Å². The number of fused-ring (bicyclic) bond motifs is 3. The highest BCUT2D eigenvalue weighted by atomic mass is 127. The number of ether oxygens (including phenoxy) is 3. The van der Waals surface area contributed by atoms with E-state index in [-0.39, 0.29) is 13.0 Å². The highest BCUT2D eigenvalue weighted by Gasteiger charge is 2.59. The summed E-state index contributed by atoms with van der Waals surface area (Å²) in [6.45, 7) is 0.647. The van der Waals surface area contributed by atoms with Crippen molar-refractivity contribution >= 4 is 34.5 Å². The maximum atomic E-state index is 14.9. The van der Waals surface area contributed by atoms with Crippen LogP contribution in [0.2, 0.25) is 0 Å². The van der Waals surface area contributed by atoms with E-state index in [1.165, 1.54) is 0 Å². The van der Waals surface area contributed by atoms with Gasteiger partial charge in [-0.3, -0.25) is 4.98 Å². The third kappa shape index (κ3) is 3.10. The molecule has 32 heavy (non-hydrogen) atoms. The molecule has 170 valence electrons. The molecule has 1 atom stereocenters. The van der Waals surface area contributed by atoms with Gasteiger partial charge < -0.3 is 14.2 Å². The van der Waals surface area contributed by atoms with Crippen LogP contribution in [0, 0.1) is 5.82 Å². The van der Waals surface area contributed by atoms with Gasteiger partial charge in [0.05, 0.1) is 24.5 Å². The molecule has 2 aliphatic heterocycles. The third-order valence-electron chi connectivity index (χ3n) is 6.07. The van der Waals surface area contributed by atoms with Crippen molar-refractivity contribution in [3.05, 3.63) is 52.7 Å². The summed E-state index contributed by atoms with van der Waals surface area (Å²) in [5, 5.41) is 0. The Kier molecular flexibility index (Phi) is 5.09. The molecule has 12 heteroatoms. The summed E-state index contributed by atoms with van der Waals surface area (Å²) in [5.74, 6) is -2.83. The van der Waals surface area contributed by atoms with Gasteiger partial charge >= 0.3 is 12.3 Å². The van der Waals surface area contributed by atoms with Crippen molar-refractivity contribution in [3.63, 3.8) is 0 Å². The van der Waals surface area contributed by atoms with Crippen molar-refractivity contribution in [1.82, 2.24) is 9.97 Å². The first-order chi connectivity index (χ1) is 15.2. The van der Waals surface area contributed by atoms with E-state index in [0.717, 1.165) is 4.90 Å². The molecular formula is C20H16F4IN3O4. The fourth-order valence-corrected chi connectivity index (χ4v) is 5.28. The van der Waals surface area contributed by atoms with Gasteiger partial charge in [0, 0.05) is 28.8 Å². The van der Waals surface area contributed by atoms with E-state index in [1.54, 1.807) is 12.3 Å². The summed E-state index contributed by atoms with van der Waals surface area (Å²) in [6.07, 6.45) is -2.99. The third-order valence-corrected chi connectivity index (χ3v) is 6.79. The molecule has 3 aliphatic rings. The molecule has 7 nitrogen and oxygen atoms in total. The lowest BCUT2D eigenvalue weighted by atomic mass is 9.73. The quantitative estimate of drug-likeness (QED) is 0.305. The second-order valence-corrected chi connectivity index (χ2v) is 8.48. The van der Waals surface area contributed by atoms with Gasteiger partial charge in [-0.1, -0.05) is 22.6 Å². The molecule has 2 spiro atoms. The van der Waals surface area contributed by atoms with E-state index in [4.69, 9.17) is 14.2 Å². The van der Waals surface area contributed by atoms with Crippen molar-refractivity contribution in [2.45, 2.75) is 34.8 Å². The number of nitrogens with zero attached hydrogens (tertiary/aromatic N) is 3. The minimum atomic E-state index is -4.77. The number of aromatic nitrogens is 2. The molecule has 2 aromatic heterocycles. The van der Waals surface area contributed by atoms with Crippen LogP contribution in [-0.2, 0) is 36.1 Å². The lowest BCUT2D eigenvalue weighted by Crippen LogP contribution is -2.52. The van der Waals surface area contributed by atoms with Crippen LogP contribution in [0.5, 0.6) is 0 Å². The predicted octanol–water partition coefficient (Wildman–Crippen LogP) is 4.42. The van der Waals surface area contributed by atoms with Crippen molar-refractivity contribution in [2.24, 2.45) is 0 Å². The highest BCUT2D eigenvalue weighted by Crippen LogP contribution is 2.54. The first kappa shape index (κ1) is 21.8. The second kappa shape index (κ2) is 7.48. The van der Waals surface area contributed by atoms with Crippen molar-refractivity contribution in [3.8, 4) is 0 Å². The standard InChI is InChI=1S/C20H16F4IN3O4/c21-13-7-11(20(22,23)24)9-27-16(13)28-17(29)30-10-18(28)2-3-19(31-5-6-32-19)15-12(18)1-4-26-14(15)8-25/h1,4,7,9H,2-3,5-6,8,10H2/t18-/m1/s1. The summed E-state index contributed by atoms with van der Waals surface area (Å²) in [7, 11) is 0. The zero-order valence-electron chi connectivity index (χ0n) is 16.4. The number of anilines is 1. The summed E-state index contributed by atoms with van der Waals surface area (Å²) in [4.78, 5) is 21.9. The molecule has 1 amide bonds. The highest BCUT2D eigenvalue weighted by molar-refractivity contribution is 14.1. The van der Waals surface area contributed by atoms with Gasteiger partial charge in [-0.05, 0) is 24.1 Å². The van der Waals surface area contributed by atoms with Crippen molar-refractivity contribution in [2.75, 3.05) is 24.7 Å². The molecule has 0 radical (unpaired) electrons. The summed E-state index contributed by atoms with van der Waals surface area (Å²) in [5.41, 5.74) is -0.505. The lowest BCUT2D eigenvalue weighted by molar-refractivity contribution is -0.181. The average molecular weight is 565 g/mol. The molecule has 4 heterocycles. The van der Waals surface area contributed by atoms with Crippen LogP contribution < -0.4 is 4.90 Å². The van der Waals surface area contributed by atoms with Gasteiger partial charge in [0.1, 0.15) is 12.1 Å². The predicted molar refractivity (Wildman–Crippen MR) is 109 cm³/mol. The number of cyclic esters (lactones) is 1. The molecule has 0 saturated carbocycles. The van der Waals surface area contributed by atoms with Crippen LogP contribution in [-0.4, -0.2) is 35.9 Å². The van der Waals surface area contributed by atoms with E-state index in [9.17, 15) is 22.4 Å². The van der Waals surface area contributed by atoms with Crippen LogP contribution in [0.15, 0.2) is 24.5 Å². The van der Waals surface area contributed by atoms with Gasteiger partial charge in [0.25, 0.3) is 0 Å². The first-order valence-corrected chi connectivity index (χ1v) is 11.3. The Morgan fingerprint density at radius 3 is 2.59 bits per heavy atom. The lowest BCUT2D eigenvalue weighted by Gasteiger charge is -2.45. The Balaban J connectivity index is 1.69. The molecule has 2 fully saturated rings. The van der Waals surface area contributed by atoms with Gasteiger partial charge in [-0.15, -0.1) is 0 Å². The molecule has 1 aliphatic carbocycles. The topological polar surface area (TPSA) is 73.8 Å². The van der Waals surface area contributed by atoms with E-state index >= 15 is 0 Å². The number of alkyl halides is 4. The monoisotopic (exact) mass is 565 g/mol. The van der Waals surface area contributed by atoms with Gasteiger partial charge in [-0.25, -0.2) is 19.1 Å². The number of hydrogen-bond donors (Lipinski definition) is 0. The molecule has 0 bridgehead atoms. The Morgan fingerprint density at radius 1 is 1.19 bits per heavy atom. The number of carbonyl (C=O) groups excluding carboxylic acids is 1. The molecule has 5 rings (SSSR count). The van der Waals surface area contributed by atoms with Crippen LogP contribution in [0.3, 0.4) is 0 Å². The Labute approximate surface area is 193 Å². The van der Waals surface area contributed by atoms with Crippen LogP contribution in [0.25, 0.3) is 0 Å². The number of carbonyl (C=O) groups is 1. The van der Waals surface area contributed by atoms with E-state index in [1.807, 2.05) is 0 Å². The molecule has 0 unspecified atom stereocenters. The second-order valence-electron chi connectivity index (χ2n) is 7.71. The zero-order valence-corrected chi connectivity index (χ0v) is 18.6. The minimum Gasteiger partial charge on any atom is -0.446 e. The molecule has 0 N–H and O–H groups in total. The normalized spacial score (nSPS) is 24.3. The average Bonchev–Trinajstić information content (AvgIpc) is 3.36. The molecule has 0 aromatic carbocycles. The zero-order chi connectivity index (χ0) is 22.7. The van der Waals surface area contributed by atoms with Crippen molar-refractivity contribution < 1.29 is 36.6 Å². The number of hydrogen-bond acceptors (Lipinski definition) is 6. The fourth-order valence-electron chi connectivity index (χ4n) is 4.70. The number of rotatable bonds is 2. The summed E-state index contributed by atoms with van der Waals surface area (Å²) >= 11 is 2.15. The van der Waals surface area contributed by atoms with Crippen LogP contribution in [0.1, 0.15) is 35.2 Å². The van der Waals surface area contributed by atoms with Gasteiger partial charge in [0.15, 0.2) is 17.4 Å². The van der Waals surface area contributed by atoms with E-state index in [0.29, 0.717) is 53.1 Å². The largest absolute Gasteiger partial charge is 0.446 e. The summed E-state index contributed by atoms with van der Waals surface area (Å²) < 4.78 is 71.7. The number of halogens is 5. The summed E-state index contributed by atoms with van der Waals surface area (Å²) in [6, 6.07) is 2.02. The smallest absolute Gasteiger partial charge is 0.417 e. The van der Waals surface area contributed by atoms with Crippen molar-refractivity contribution in [1.29, 1.82) is 0 Å². The van der Waals surface area contributed by atoms with E-state index in [2.05, 4.69) is 32.6 Å². The molecule has 2 saturated heterocycles.